The maximum atomic E-state index is 6.17. The number of benzene rings is 2. The van der Waals surface area contributed by atoms with E-state index in [9.17, 15) is 0 Å². The summed E-state index contributed by atoms with van der Waals surface area (Å²) < 4.78 is 8.24. The molecule has 0 spiro atoms. The summed E-state index contributed by atoms with van der Waals surface area (Å²) in [6, 6.07) is 14.5. The van der Waals surface area contributed by atoms with Crippen molar-refractivity contribution in [2.24, 2.45) is 0 Å². The smallest absolute Gasteiger partial charge is 0.138 e. The van der Waals surface area contributed by atoms with Crippen LogP contribution in [0.5, 0.6) is 5.75 Å². The van der Waals surface area contributed by atoms with Crippen LogP contribution in [0, 0.1) is 0 Å². The molecule has 3 rings (SSSR count). The zero-order valence-electron chi connectivity index (χ0n) is 13.8. The third kappa shape index (κ3) is 4.82. The van der Waals surface area contributed by atoms with Gasteiger partial charge in [-0.25, -0.2) is 0 Å². The van der Waals surface area contributed by atoms with Gasteiger partial charge in [0.2, 0.25) is 0 Å². The summed E-state index contributed by atoms with van der Waals surface area (Å²) in [5.41, 5.74) is 2.40. The highest BCUT2D eigenvalue weighted by Crippen LogP contribution is 2.34. The zero-order valence-corrected chi connectivity index (χ0v) is 17.0. The predicted molar refractivity (Wildman–Crippen MR) is 105 cm³/mol. The van der Waals surface area contributed by atoms with Gasteiger partial charge in [0.15, 0.2) is 0 Å². The zero-order chi connectivity index (χ0) is 16.9. The minimum Gasteiger partial charge on any atom is -0.487 e. The average Bonchev–Trinajstić information content (AvgIpc) is 2.57. The van der Waals surface area contributed by atoms with E-state index in [1.165, 1.54) is 11.1 Å². The van der Waals surface area contributed by atoms with E-state index in [1.54, 1.807) is 0 Å². The van der Waals surface area contributed by atoms with Crippen LogP contribution in [0.3, 0.4) is 0 Å². The van der Waals surface area contributed by atoms with E-state index in [2.05, 4.69) is 66.9 Å². The summed E-state index contributed by atoms with van der Waals surface area (Å²) >= 11 is 7.27. The molecule has 0 N–H and O–H groups in total. The normalized spacial score (nSPS) is 16.3. The molecule has 1 aliphatic heterocycles. The van der Waals surface area contributed by atoms with E-state index in [-0.39, 0.29) is 0 Å². The first kappa shape index (κ1) is 17.9. The predicted octanol–water partition coefficient (Wildman–Crippen LogP) is 4.54. The Labute approximate surface area is 160 Å². The molecule has 1 aliphatic rings. The van der Waals surface area contributed by atoms with Gasteiger partial charge in [0.25, 0.3) is 0 Å². The molecule has 0 atom stereocenters. The second-order valence-electron chi connectivity index (χ2n) is 6.23. The van der Waals surface area contributed by atoms with Crippen molar-refractivity contribution in [3.63, 3.8) is 0 Å². The van der Waals surface area contributed by atoms with Crippen LogP contribution in [0.25, 0.3) is 0 Å². The molecule has 3 nitrogen and oxygen atoms in total. The van der Waals surface area contributed by atoms with Crippen molar-refractivity contribution < 1.29 is 4.74 Å². The van der Waals surface area contributed by atoms with Gasteiger partial charge < -0.3 is 9.64 Å². The van der Waals surface area contributed by atoms with Crippen molar-refractivity contribution in [1.29, 1.82) is 0 Å². The minimum atomic E-state index is 0.580. The molecule has 1 fully saturated rings. The molecule has 5 heteroatoms. The molecule has 0 aromatic heterocycles. The molecule has 0 aliphatic carbocycles. The van der Waals surface area contributed by atoms with E-state index >= 15 is 0 Å². The molecule has 0 amide bonds. The standard InChI is InChI=1S/C19H22Br2N2O/c1-22-7-9-23(10-8-22)13-16-11-17(20)12-18(21)19(16)24-14-15-5-3-2-4-6-15/h2-6,11-12H,7-10,13-14H2,1H3. The third-order valence-electron chi connectivity index (χ3n) is 4.30. The van der Waals surface area contributed by atoms with E-state index in [1.807, 2.05) is 24.3 Å². The summed E-state index contributed by atoms with van der Waals surface area (Å²) in [6.45, 7) is 5.93. The van der Waals surface area contributed by atoms with Gasteiger partial charge in [-0.05, 0) is 40.7 Å². The Balaban J connectivity index is 1.74. The number of piperazine rings is 1. The van der Waals surface area contributed by atoms with Crippen LogP contribution in [-0.4, -0.2) is 43.0 Å². The Morgan fingerprint density at radius 1 is 1.00 bits per heavy atom. The first-order valence-corrected chi connectivity index (χ1v) is 9.76. The molecule has 0 radical (unpaired) electrons. The number of ether oxygens (including phenoxy) is 1. The first-order chi connectivity index (χ1) is 11.6. The molecule has 2 aromatic carbocycles. The number of hydrogen-bond donors (Lipinski definition) is 0. The van der Waals surface area contributed by atoms with Crippen LogP contribution >= 0.6 is 31.9 Å². The molecular weight excluding hydrogens is 432 g/mol. The molecule has 1 heterocycles. The van der Waals surface area contributed by atoms with Gasteiger partial charge in [-0.3, -0.25) is 4.90 Å². The van der Waals surface area contributed by atoms with Gasteiger partial charge >= 0.3 is 0 Å². The fourth-order valence-corrected chi connectivity index (χ4v) is 4.30. The molecule has 128 valence electrons. The highest BCUT2D eigenvalue weighted by Gasteiger charge is 2.18. The lowest BCUT2D eigenvalue weighted by Gasteiger charge is -2.32. The van der Waals surface area contributed by atoms with Gasteiger partial charge in [-0.1, -0.05) is 46.3 Å². The van der Waals surface area contributed by atoms with Crippen molar-refractivity contribution in [2.75, 3.05) is 33.2 Å². The minimum absolute atomic E-state index is 0.580. The SMILES string of the molecule is CN1CCN(Cc2cc(Br)cc(Br)c2OCc2ccccc2)CC1. The summed E-state index contributed by atoms with van der Waals surface area (Å²) in [6.07, 6.45) is 0. The van der Waals surface area contributed by atoms with Crippen molar-refractivity contribution in [3.8, 4) is 5.75 Å². The van der Waals surface area contributed by atoms with Crippen LogP contribution in [0.15, 0.2) is 51.4 Å². The second-order valence-corrected chi connectivity index (χ2v) is 8.00. The third-order valence-corrected chi connectivity index (χ3v) is 5.35. The average molecular weight is 454 g/mol. The van der Waals surface area contributed by atoms with E-state index < -0.39 is 0 Å². The summed E-state index contributed by atoms with van der Waals surface area (Å²) in [5.74, 6) is 0.945. The molecule has 0 unspecified atom stereocenters. The maximum absolute atomic E-state index is 6.17. The number of likely N-dealkylation sites (N-methyl/N-ethyl adjacent to an activating group) is 1. The fraction of sp³-hybridized carbons (Fsp3) is 0.368. The Bertz CT molecular complexity index is 671. The molecule has 0 bridgehead atoms. The van der Waals surface area contributed by atoms with Gasteiger partial charge in [-0.15, -0.1) is 0 Å². The Hall–Kier alpha value is -0.880. The number of nitrogens with zero attached hydrogens (tertiary/aromatic N) is 2. The molecular formula is C19H22Br2N2O. The van der Waals surface area contributed by atoms with Gasteiger partial charge in [0, 0.05) is 42.8 Å². The van der Waals surface area contributed by atoms with Crippen molar-refractivity contribution in [2.45, 2.75) is 13.2 Å². The Kier molecular flexibility index (Phi) is 6.33. The van der Waals surface area contributed by atoms with Crippen LogP contribution in [0.2, 0.25) is 0 Å². The summed E-state index contributed by atoms with van der Waals surface area (Å²) in [7, 11) is 2.18. The summed E-state index contributed by atoms with van der Waals surface area (Å²) in [4.78, 5) is 4.86. The van der Waals surface area contributed by atoms with Crippen molar-refractivity contribution >= 4 is 31.9 Å². The Morgan fingerprint density at radius 3 is 2.42 bits per heavy atom. The van der Waals surface area contributed by atoms with Crippen LogP contribution in [0.1, 0.15) is 11.1 Å². The lowest BCUT2D eigenvalue weighted by Crippen LogP contribution is -2.43. The van der Waals surface area contributed by atoms with Crippen LogP contribution in [-0.2, 0) is 13.2 Å². The van der Waals surface area contributed by atoms with Gasteiger partial charge in [0.05, 0.1) is 4.47 Å². The van der Waals surface area contributed by atoms with E-state index in [4.69, 9.17) is 4.74 Å². The lowest BCUT2D eigenvalue weighted by molar-refractivity contribution is 0.146. The Morgan fingerprint density at radius 2 is 1.71 bits per heavy atom. The molecule has 2 aromatic rings. The monoisotopic (exact) mass is 452 g/mol. The molecule has 1 saturated heterocycles. The first-order valence-electron chi connectivity index (χ1n) is 8.17. The van der Waals surface area contributed by atoms with E-state index in [0.717, 1.165) is 47.4 Å². The lowest BCUT2D eigenvalue weighted by atomic mass is 10.1. The summed E-state index contributed by atoms with van der Waals surface area (Å²) in [5, 5.41) is 0. The highest BCUT2D eigenvalue weighted by molar-refractivity contribution is 9.11. The van der Waals surface area contributed by atoms with Crippen molar-refractivity contribution in [1.82, 2.24) is 9.80 Å². The second kappa shape index (κ2) is 8.48. The molecule has 0 saturated carbocycles. The number of rotatable bonds is 5. The van der Waals surface area contributed by atoms with Crippen LogP contribution < -0.4 is 4.74 Å². The van der Waals surface area contributed by atoms with Crippen molar-refractivity contribution in [3.05, 3.63) is 62.5 Å². The highest BCUT2D eigenvalue weighted by atomic mass is 79.9. The van der Waals surface area contributed by atoms with Gasteiger partial charge in [0.1, 0.15) is 12.4 Å². The largest absolute Gasteiger partial charge is 0.487 e. The number of hydrogen-bond acceptors (Lipinski definition) is 3. The van der Waals surface area contributed by atoms with E-state index in [0.29, 0.717) is 6.61 Å². The van der Waals surface area contributed by atoms with Crippen LogP contribution in [0.4, 0.5) is 0 Å². The topological polar surface area (TPSA) is 15.7 Å². The molecule has 24 heavy (non-hydrogen) atoms. The number of halogens is 2. The maximum Gasteiger partial charge on any atom is 0.138 e. The quantitative estimate of drug-likeness (QED) is 0.660. The fourth-order valence-electron chi connectivity index (χ4n) is 2.87. The van der Waals surface area contributed by atoms with Gasteiger partial charge in [-0.2, -0.15) is 0 Å².